The van der Waals surface area contributed by atoms with Crippen molar-refractivity contribution in [1.82, 2.24) is 5.32 Å². The fraction of sp³-hybridized carbons (Fsp3) is 0.429. The van der Waals surface area contributed by atoms with Gasteiger partial charge in [0.1, 0.15) is 5.82 Å². The third kappa shape index (κ3) is 3.53. The number of rotatable bonds is 5. The summed E-state index contributed by atoms with van der Waals surface area (Å²) in [6, 6.07) is 4.93. The molecule has 0 radical (unpaired) electrons. The molecule has 0 aromatic heterocycles. The van der Waals surface area contributed by atoms with Gasteiger partial charge in [-0.3, -0.25) is 9.59 Å². The second-order valence-corrected chi connectivity index (χ2v) is 4.84. The molecular formula is C14H16FNO3. The van der Waals surface area contributed by atoms with E-state index in [2.05, 4.69) is 5.32 Å². The van der Waals surface area contributed by atoms with E-state index in [1.807, 2.05) is 0 Å². The van der Waals surface area contributed by atoms with Crippen LogP contribution in [0.15, 0.2) is 24.3 Å². The van der Waals surface area contributed by atoms with Crippen molar-refractivity contribution in [3.8, 4) is 0 Å². The monoisotopic (exact) mass is 265 g/mol. The molecule has 5 heteroatoms. The van der Waals surface area contributed by atoms with E-state index in [0.717, 1.165) is 19.3 Å². The van der Waals surface area contributed by atoms with Crippen molar-refractivity contribution in [3.05, 3.63) is 35.6 Å². The molecule has 1 saturated carbocycles. The maximum atomic E-state index is 12.9. The zero-order valence-electron chi connectivity index (χ0n) is 10.4. The predicted octanol–water partition coefficient (Wildman–Crippen LogP) is 2.26. The first kappa shape index (κ1) is 13.5. The van der Waals surface area contributed by atoms with Crippen LogP contribution in [0.4, 0.5) is 4.39 Å². The Bertz CT molecular complexity index is 468. The van der Waals surface area contributed by atoms with Gasteiger partial charge in [-0.1, -0.05) is 18.6 Å². The first-order valence-corrected chi connectivity index (χ1v) is 6.34. The minimum absolute atomic E-state index is 0.00302. The van der Waals surface area contributed by atoms with Crippen LogP contribution in [-0.2, 0) is 9.59 Å². The molecule has 1 aliphatic carbocycles. The molecular weight excluding hydrogens is 249 g/mol. The van der Waals surface area contributed by atoms with E-state index in [1.54, 1.807) is 0 Å². The minimum Gasteiger partial charge on any atom is -0.481 e. The normalized spacial score (nSPS) is 16.5. The highest BCUT2D eigenvalue weighted by molar-refractivity contribution is 5.80. The Labute approximate surface area is 110 Å². The Kier molecular flexibility index (Phi) is 4.14. The highest BCUT2D eigenvalue weighted by atomic mass is 19.1. The topological polar surface area (TPSA) is 66.4 Å². The van der Waals surface area contributed by atoms with Crippen LogP contribution in [0.1, 0.15) is 37.3 Å². The van der Waals surface area contributed by atoms with Gasteiger partial charge in [0.05, 0.1) is 12.5 Å². The Balaban J connectivity index is 2.08. The summed E-state index contributed by atoms with van der Waals surface area (Å²) in [5.41, 5.74) is 0.608. The number of carbonyl (C=O) groups excluding carboxylic acids is 1. The van der Waals surface area contributed by atoms with E-state index in [9.17, 15) is 14.0 Å². The average Bonchev–Trinajstić information content (AvgIpc) is 2.26. The van der Waals surface area contributed by atoms with Crippen molar-refractivity contribution < 1.29 is 19.1 Å². The van der Waals surface area contributed by atoms with Crippen LogP contribution in [0, 0.1) is 11.7 Å². The molecule has 1 fully saturated rings. The molecule has 0 aliphatic heterocycles. The molecule has 19 heavy (non-hydrogen) atoms. The highest BCUT2D eigenvalue weighted by Gasteiger charge is 2.28. The SMILES string of the molecule is O=C(O)CC(NC(=O)C1CCC1)c1ccc(F)cc1. The average molecular weight is 265 g/mol. The molecule has 1 aromatic rings. The number of carbonyl (C=O) groups is 2. The zero-order valence-corrected chi connectivity index (χ0v) is 10.4. The van der Waals surface area contributed by atoms with Gasteiger partial charge in [0.25, 0.3) is 0 Å². The van der Waals surface area contributed by atoms with Crippen LogP contribution in [0.5, 0.6) is 0 Å². The Hall–Kier alpha value is -1.91. The zero-order chi connectivity index (χ0) is 13.8. The maximum absolute atomic E-state index is 12.9. The first-order valence-electron chi connectivity index (χ1n) is 6.34. The number of nitrogens with one attached hydrogen (secondary N) is 1. The molecule has 1 amide bonds. The molecule has 2 N–H and O–H groups in total. The van der Waals surface area contributed by atoms with Crippen LogP contribution >= 0.6 is 0 Å². The van der Waals surface area contributed by atoms with Gasteiger partial charge in [0, 0.05) is 5.92 Å². The van der Waals surface area contributed by atoms with Gasteiger partial charge in [-0.05, 0) is 30.5 Å². The van der Waals surface area contributed by atoms with E-state index in [1.165, 1.54) is 24.3 Å². The second kappa shape index (κ2) is 5.82. The Morgan fingerprint density at radius 2 is 1.95 bits per heavy atom. The number of carboxylic acids is 1. The van der Waals surface area contributed by atoms with Gasteiger partial charge in [0.2, 0.25) is 5.91 Å². The van der Waals surface area contributed by atoms with Gasteiger partial charge in [-0.15, -0.1) is 0 Å². The summed E-state index contributed by atoms with van der Waals surface area (Å²) >= 11 is 0. The smallest absolute Gasteiger partial charge is 0.305 e. The van der Waals surface area contributed by atoms with Gasteiger partial charge in [0.15, 0.2) is 0 Å². The number of carboxylic acid groups (broad SMARTS) is 1. The van der Waals surface area contributed by atoms with Crippen molar-refractivity contribution in [2.24, 2.45) is 5.92 Å². The number of benzene rings is 1. The summed E-state index contributed by atoms with van der Waals surface area (Å²) in [5.74, 6) is -1.50. The van der Waals surface area contributed by atoms with Crippen LogP contribution in [-0.4, -0.2) is 17.0 Å². The lowest BCUT2D eigenvalue weighted by Crippen LogP contribution is -2.37. The summed E-state index contributed by atoms with van der Waals surface area (Å²) in [7, 11) is 0. The molecule has 1 aromatic carbocycles. The van der Waals surface area contributed by atoms with Crippen LogP contribution in [0.25, 0.3) is 0 Å². The summed E-state index contributed by atoms with van der Waals surface area (Å²) < 4.78 is 12.9. The fourth-order valence-corrected chi connectivity index (χ4v) is 2.08. The molecule has 0 spiro atoms. The lowest BCUT2D eigenvalue weighted by Gasteiger charge is -2.27. The molecule has 1 aliphatic rings. The van der Waals surface area contributed by atoms with Crippen LogP contribution in [0.3, 0.4) is 0 Å². The summed E-state index contributed by atoms with van der Waals surface area (Å²) in [6.07, 6.45) is 2.55. The standard InChI is InChI=1S/C14H16FNO3/c15-11-6-4-9(5-7-11)12(8-13(17)18)16-14(19)10-2-1-3-10/h4-7,10,12H,1-3,8H2,(H,16,19)(H,17,18). The quantitative estimate of drug-likeness (QED) is 0.858. The lowest BCUT2D eigenvalue weighted by molar-refractivity contribution is -0.138. The number of halogens is 1. The van der Waals surface area contributed by atoms with Crippen molar-refractivity contribution in [1.29, 1.82) is 0 Å². The third-order valence-electron chi connectivity index (χ3n) is 3.44. The van der Waals surface area contributed by atoms with E-state index in [0.29, 0.717) is 5.56 Å². The molecule has 102 valence electrons. The van der Waals surface area contributed by atoms with Gasteiger partial charge < -0.3 is 10.4 Å². The molecule has 0 saturated heterocycles. The van der Waals surface area contributed by atoms with Crippen molar-refractivity contribution >= 4 is 11.9 Å². The van der Waals surface area contributed by atoms with E-state index >= 15 is 0 Å². The van der Waals surface area contributed by atoms with E-state index in [-0.39, 0.29) is 24.1 Å². The van der Waals surface area contributed by atoms with Crippen molar-refractivity contribution in [2.45, 2.75) is 31.7 Å². The van der Waals surface area contributed by atoms with Gasteiger partial charge in [-0.2, -0.15) is 0 Å². The molecule has 1 atom stereocenters. The summed E-state index contributed by atoms with van der Waals surface area (Å²) in [5, 5.41) is 11.6. The van der Waals surface area contributed by atoms with E-state index < -0.39 is 12.0 Å². The third-order valence-corrected chi connectivity index (χ3v) is 3.44. The van der Waals surface area contributed by atoms with Crippen LogP contribution in [0.2, 0.25) is 0 Å². The second-order valence-electron chi connectivity index (χ2n) is 4.84. The summed E-state index contributed by atoms with van der Waals surface area (Å²) in [6.45, 7) is 0. The lowest BCUT2D eigenvalue weighted by atomic mass is 9.84. The number of aliphatic carboxylic acids is 1. The molecule has 0 bridgehead atoms. The molecule has 0 heterocycles. The van der Waals surface area contributed by atoms with Crippen molar-refractivity contribution in [3.63, 3.8) is 0 Å². The first-order chi connectivity index (χ1) is 9.06. The van der Waals surface area contributed by atoms with Gasteiger partial charge in [-0.25, -0.2) is 4.39 Å². The molecule has 4 nitrogen and oxygen atoms in total. The van der Waals surface area contributed by atoms with Gasteiger partial charge >= 0.3 is 5.97 Å². The molecule has 2 rings (SSSR count). The Morgan fingerprint density at radius 1 is 1.32 bits per heavy atom. The van der Waals surface area contributed by atoms with Crippen molar-refractivity contribution in [2.75, 3.05) is 0 Å². The molecule has 1 unspecified atom stereocenters. The Morgan fingerprint density at radius 3 is 2.42 bits per heavy atom. The maximum Gasteiger partial charge on any atom is 0.305 e. The number of amides is 1. The number of hydrogen-bond acceptors (Lipinski definition) is 2. The fourth-order valence-electron chi connectivity index (χ4n) is 2.08. The largest absolute Gasteiger partial charge is 0.481 e. The van der Waals surface area contributed by atoms with E-state index in [4.69, 9.17) is 5.11 Å². The summed E-state index contributed by atoms with van der Waals surface area (Å²) in [4.78, 5) is 22.7. The predicted molar refractivity (Wildman–Crippen MR) is 66.9 cm³/mol. The minimum atomic E-state index is -0.997. The van der Waals surface area contributed by atoms with Crippen LogP contribution < -0.4 is 5.32 Å². The highest BCUT2D eigenvalue weighted by Crippen LogP contribution is 2.28. The number of hydrogen-bond donors (Lipinski definition) is 2.